The van der Waals surface area contributed by atoms with Crippen molar-refractivity contribution >= 4 is 28.4 Å². The van der Waals surface area contributed by atoms with Gasteiger partial charge in [0.2, 0.25) is 0 Å². The summed E-state index contributed by atoms with van der Waals surface area (Å²) in [7, 11) is 0. The summed E-state index contributed by atoms with van der Waals surface area (Å²) in [4.78, 5) is 28.0. The van der Waals surface area contributed by atoms with Crippen LogP contribution in [-0.2, 0) is 0 Å². The summed E-state index contributed by atoms with van der Waals surface area (Å²) in [6.45, 7) is 1.91. The van der Waals surface area contributed by atoms with Crippen LogP contribution in [0.15, 0.2) is 48.7 Å². The van der Waals surface area contributed by atoms with Crippen molar-refractivity contribution in [3.63, 3.8) is 0 Å². The van der Waals surface area contributed by atoms with Crippen LogP contribution in [0, 0.1) is 6.92 Å². The molecule has 2 aromatic carbocycles. The highest BCUT2D eigenvalue weighted by Gasteiger charge is 2.24. The van der Waals surface area contributed by atoms with Crippen LogP contribution in [0.25, 0.3) is 10.9 Å². The fourth-order valence-electron chi connectivity index (χ4n) is 2.84. The third kappa shape index (κ3) is 3.13. The van der Waals surface area contributed by atoms with Crippen molar-refractivity contribution in [1.82, 2.24) is 10.3 Å². The molecule has 1 aliphatic rings. The van der Waals surface area contributed by atoms with Gasteiger partial charge in [-0.2, -0.15) is 0 Å². The lowest BCUT2D eigenvalue weighted by molar-refractivity contribution is 0.0949. The van der Waals surface area contributed by atoms with Gasteiger partial charge in [-0.05, 0) is 43.5 Å². The van der Waals surface area contributed by atoms with Crippen molar-refractivity contribution in [3.05, 3.63) is 65.4 Å². The molecule has 0 unspecified atom stereocenters. The smallest absolute Gasteiger partial charge is 0.257 e. The Morgan fingerprint density at radius 2 is 1.88 bits per heavy atom. The molecule has 3 aromatic rings. The van der Waals surface area contributed by atoms with E-state index in [-0.39, 0.29) is 11.8 Å². The molecule has 1 saturated carbocycles. The van der Waals surface area contributed by atoms with Gasteiger partial charge in [-0.3, -0.25) is 9.59 Å². The molecule has 0 aliphatic heterocycles. The van der Waals surface area contributed by atoms with Crippen molar-refractivity contribution in [2.24, 2.45) is 0 Å². The standard InChI is InChI=1S/C20H19N3O2/c1-12-6-7-13(19(24)22-14-8-9-14)10-18(12)23-20(25)16-11-21-17-5-3-2-4-15(16)17/h2-7,10-11,14,21H,8-9H2,1H3,(H,22,24)(H,23,25). The van der Waals surface area contributed by atoms with Crippen LogP contribution in [0.2, 0.25) is 0 Å². The van der Waals surface area contributed by atoms with Gasteiger partial charge in [0.05, 0.1) is 5.56 Å². The van der Waals surface area contributed by atoms with Crippen molar-refractivity contribution in [2.75, 3.05) is 5.32 Å². The number of amides is 2. The summed E-state index contributed by atoms with van der Waals surface area (Å²) in [6, 6.07) is 13.3. The SMILES string of the molecule is Cc1ccc(C(=O)NC2CC2)cc1NC(=O)c1c[nH]c2ccccc12. The van der Waals surface area contributed by atoms with E-state index in [0.29, 0.717) is 22.9 Å². The van der Waals surface area contributed by atoms with E-state index in [4.69, 9.17) is 0 Å². The minimum Gasteiger partial charge on any atom is -0.360 e. The van der Waals surface area contributed by atoms with E-state index in [1.165, 1.54) is 0 Å². The van der Waals surface area contributed by atoms with Crippen molar-refractivity contribution in [1.29, 1.82) is 0 Å². The summed E-state index contributed by atoms with van der Waals surface area (Å²) in [5.74, 6) is -0.287. The summed E-state index contributed by atoms with van der Waals surface area (Å²) >= 11 is 0. The van der Waals surface area contributed by atoms with E-state index in [2.05, 4.69) is 15.6 Å². The zero-order valence-electron chi connectivity index (χ0n) is 13.9. The lowest BCUT2D eigenvalue weighted by Gasteiger charge is -2.11. The van der Waals surface area contributed by atoms with Crippen LogP contribution in [0.3, 0.4) is 0 Å². The highest BCUT2D eigenvalue weighted by molar-refractivity contribution is 6.13. The molecule has 0 bridgehead atoms. The normalized spacial score (nSPS) is 13.6. The number of carbonyl (C=O) groups excluding carboxylic acids is 2. The number of aromatic amines is 1. The molecule has 0 saturated heterocycles. The third-order valence-electron chi connectivity index (χ3n) is 4.49. The summed E-state index contributed by atoms with van der Waals surface area (Å²) < 4.78 is 0. The number of benzene rings is 2. The first-order valence-electron chi connectivity index (χ1n) is 8.41. The van der Waals surface area contributed by atoms with Gasteiger partial charge in [0.15, 0.2) is 0 Å². The number of carbonyl (C=O) groups is 2. The van der Waals surface area contributed by atoms with Gasteiger partial charge in [0.1, 0.15) is 0 Å². The van der Waals surface area contributed by atoms with Gasteiger partial charge in [-0.15, -0.1) is 0 Å². The average molecular weight is 333 g/mol. The number of aromatic nitrogens is 1. The van der Waals surface area contributed by atoms with Crippen LogP contribution in [0.5, 0.6) is 0 Å². The lowest BCUT2D eigenvalue weighted by Crippen LogP contribution is -2.25. The molecule has 0 radical (unpaired) electrons. The molecule has 0 spiro atoms. The van der Waals surface area contributed by atoms with E-state index in [9.17, 15) is 9.59 Å². The van der Waals surface area contributed by atoms with E-state index in [0.717, 1.165) is 29.3 Å². The second-order valence-corrected chi connectivity index (χ2v) is 6.48. The molecule has 1 heterocycles. The second-order valence-electron chi connectivity index (χ2n) is 6.48. The van der Waals surface area contributed by atoms with Gasteiger partial charge in [-0.25, -0.2) is 0 Å². The Balaban J connectivity index is 1.59. The number of fused-ring (bicyclic) bond motifs is 1. The van der Waals surface area contributed by atoms with Crippen molar-refractivity contribution in [2.45, 2.75) is 25.8 Å². The summed E-state index contributed by atoms with van der Waals surface area (Å²) in [5, 5.41) is 6.77. The maximum Gasteiger partial charge on any atom is 0.257 e. The van der Waals surface area contributed by atoms with E-state index < -0.39 is 0 Å². The Morgan fingerprint density at radius 1 is 1.08 bits per heavy atom. The topological polar surface area (TPSA) is 74.0 Å². The first-order valence-corrected chi connectivity index (χ1v) is 8.41. The highest BCUT2D eigenvalue weighted by atomic mass is 16.2. The Hall–Kier alpha value is -3.08. The lowest BCUT2D eigenvalue weighted by atomic mass is 10.1. The molecule has 25 heavy (non-hydrogen) atoms. The number of hydrogen-bond donors (Lipinski definition) is 3. The molecule has 2 amide bonds. The Bertz CT molecular complexity index is 970. The molecule has 1 aliphatic carbocycles. The van der Waals surface area contributed by atoms with Crippen LogP contribution >= 0.6 is 0 Å². The minimum atomic E-state index is -0.194. The monoisotopic (exact) mass is 333 g/mol. The van der Waals surface area contributed by atoms with Crippen molar-refractivity contribution in [3.8, 4) is 0 Å². The fraction of sp³-hybridized carbons (Fsp3) is 0.200. The van der Waals surface area contributed by atoms with Gasteiger partial charge in [-0.1, -0.05) is 24.3 Å². The second kappa shape index (κ2) is 6.09. The highest BCUT2D eigenvalue weighted by Crippen LogP contribution is 2.23. The molecular weight excluding hydrogens is 314 g/mol. The molecule has 4 rings (SSSR count). The molecule has 5 heteroatoms. The number of H-pyrrole nitrogens is 1. The Kier molecular flexibility index (Phi) is 3.76. The first kappa shape index (κ1) is 15.4. The fourth-order valence-corrected chi connectivity index (χ4v) is 2.84. The van der Waals surface area contributed by atoms with E-state index in [1.54, 1.807) is 18.3 Å². The molecule has 5 nitrogen and oxygen atoms in total. The van der Waals surface area contributed by atoms with Crippen LogP contribution in [0.1, 0.15) is 39.1 Å². The quantitative estimate of drug-likeness (QED) is 0.682. The molecule has 0 atom stereocenters. The molecule has 126 valence electrons. The maximum atomic E-state index is 12.7. The number of nitrogens with one attached hydrogen (secondary N) is 3. The molecule has 1 fully saturated rings. The zero-order chi connectivity index (χ0) is 17.4. The van der Waals surface area contributed by atoms with Gasteiger partial charge in [0, 0.05) is 34.4 Å². The Labute approximate surface area is 145 Å². The Morgan fingerprint density at radius 3 is 2.68 bits per heavy atom. The summed E-state index contributed by atoms with van der Waals surface area (Å²) in [5.41, 5.74) is 3.63. The van der Waals surface area contributed by atoms with Gasteiger partial charge in [0.25, 0.3) is 11.8 Å². The van der Waals surface area contributed by atoms with Gasteiger partial charge >= 0.3 is 0 Å². The third-order valence-corrected chi connectivity index (χ3v) is 4.49. The summed E-state index contributed by atoms with van der Waals surface area (Å²) in [6.07, 6.45) is 3.79. The number of para-hydroxylation sites is 1. The van der Waals surface area contributed by atoms with Gasteiger partial charge < -0.3 is 15.6 Å². The van der Waals surface area contributed by atoms with Crippen molar-refractivity contribution < 1.29 is 9.59 Å². The maximum absolute atomic E-state index is 12.7. The number of rotatable bonds is 4. The molecular formula is C20H19N3O2. The zero-order valence-corrected chi connectivity index (χ0v) is 13.9. The van der Waals surface area contributed by atoms with Crippen LogP contribution in [0.4, 0.5) is 5.69 Å². The largest absolute Gasteiger partial charge is 0.360 e. The van der Waals surface area contributed by atoms with E-state index >= 15 is 0 Å². The first-order chi connectivity index (χ1) is 12.1. The average Bonchev–Trinajstić information content (AvgIpc) is 3.32. The van der Waals surface area contributed by atoms with Crippen LogP contribution < -0.4 is 10.6 Å². The van der Waals surface area contributed by atoms with E-state index in [1.807, 2.05) is 37.3 Å². The molecule has 3 N–H and O–H groups in total. The molecule has 1 aromatic heterocycles. The predicted molar refractivity (Wildman–Crippen MR) is 97.9 cm³/mol. The van der Waals surface area contributed by atoms with Crippen LogP contribution in [-0.4, -0.2) is 22.8 Å². The number of anilines is 1. The number of aryl methyl sites for hydroxylation is 1. The number of hydrogen-bond acceptors (Lipinski definition) is 2. The predicted octanol–water partition coefficient (Wildman–Crippen LogP) is 3.62. The minimum absolute atomic E-state index is 0.0925.